The van der Waals surface area contributed by atoms with Crippen LogP contribution < -0.4 is 5.73 Å². The fourth-order valence-corrected chi connectivity index (χ4v) is 4.45. The van der Waals surface area contributed by atoms with Crippen molar-refractivity contribution in [3.05, 3.63) is 0 Å². The maximum Gasteiger partial charge on any atom is 0.219 e. The second kappa shape index (κ2) is 5.88. The lowest BCUT2D eigenvalue weighted by Gasteiger charge is -2.41. The molecule has 2 unspecified atom stereocenters. The molecule has 1 fully saturated rings. The molecule has 2 N–H and O–H groups in total. The monoisotopic (exact) mass is 276 g/mol. The summed E-state index contributed by atoms with van der Waals surface area (Å²) in [5.41, 5.74) is 5.82. The Kier molecular flexibility index (Phi) is 5.21. The van der Waals surface area contributed by atoms with Crippen molar-refractivity contribution in [1.82, 2.24) is 4.31 Å². The van der Waals surface area contributed by atoms with Gasteiger partial charge < -0.3 is 5.73 Å². The van der Waals surface area contributed by atoms with Crippen molar-refractivity contribution in [3.63, 3.8) is 0 Å². The number of hydrogen-bond acceptors (Lipinski definition) is 3. The number of nitrogens with zero attached hydrogens (tertiary/aromatic N) is 1. The summed E-state index contributed by atoms with van der Waals surface area (Å²) in [6, 6.07) is 0.0953. The lowest BCUT2D eigenvalue weighted by Crippen LogP contribution is -2.52. The number of sulfonamides is 1. The van der Waals surface area contributed by atoms with Gasteiger partial charge in [0.15, 0.2) is 0 Å². The quantitative estimate of drug-likeness (QED) is 0.853. The van der Waals surface area contributed by atoms with Crippen LogP contribution in [0.25, 0.3) is 0 Å². The molecule has 0 saturated heterocycles. The third-order valence-corrected chi connectivity index (χ3v) is 6.63. The summed E-state index contributed by atoms with van der Waals surface area (Å²) in [6.07, 6.45) is 4.28. The number of rotatable bonds is 4. The van der Waals surface area contributed by atoms with Crippen LogP contribution in [0.1, 0.15) is 53.4 Å². The van der Waals surface area contributed by atoms with E-state index < -0.39 is 14.8 Å². The van der Waals surface area contributed by atoms with E-state index in [0.717, 1.165) is 19.3 Å². The van der Waals surface area contributed by atoms with Crippen molar-refractivity contribution in [2.75, 3.05) is 13.1 Å². The average molecular weight is 276 g/mol. The van der Waals surface area contributed by atoms with Gasteiger partial charge in [-0.2, -0.15) is 4.31 Å². The first-order chi connectivity index (χ1) is 8.25. The first-order valence-electron chi connectivity index (χ1n) is 6.97. The maximum atomic E-state index is 12.6. The molecule has 1 aliphatic carbocycles. The van der Waals surface area contributed by atoms with Gasteiger partial charge in [-0.1, -0.05) is 19.8 Å². The minimum atomic E-state index is -3.25. The Labute approximate surface area is 112 Å². The van der Waals surface area contributed by atoms with Gasteiger partial charge in [0.1, 0.15) is 0 Å². The van der Waals surface area contributed by atoms with E-state index in [1.165, 1.54) is 6.42 Å². The highest BCUT2D eigenvalue weighted by atomic mass is 32.2. The van der Waals surface area contributed by atoms with Crippen LogP contribution in [0.15, 0.2) is 0 Å². The Balaban J connectivity index is 3.02. The van der Waals surface area contributed by atoms with Crippen molar-refractivity contribution < 1.29 is 8.42 Å². The summed E-state index contributed by atoms with van der Waals surface area (Å²) in [7, 11) is -3.25. The van der Waals surface area contributed by atoms with E-state index in [1.54, 1.807) is 25.1 Å². The Morgan fingerprint density at radius 1 is 1.22 bits per heavy atom. The zero-order valence-corrected chi connectivity index (χ0v) is 13.0. The van der Waals surface area contributed by atoms with Gasteiger partial charge in [0, 0.05) is 12.6 Å². The summed E-state index contributed by atoms with van der Waals surface area (Å²) in [4.78, 5) is 0. The van der Waals surface area contributed by atoms with Crippen LogP contribution >= 0.6 is 0 Å². The molecule has 0 radical (unpaired) electrons. The highest BCUT2D eigenvalue weighted by molar-refractivity contribution is 7.90. The largest absolute Gasteiger partial charge is 0.330 e. The van der Waals surface area contributed by atoms with Crippen LogP contribution in [0.4, 0.5) is 0 Å². The first-order valence-corrected chi connectivity index (χ1v) is 8.41. The fraction of sp³-hybridized carbons (Fsp3) is 1.00. The highest BCUT2D eigenvalue weighted by Gasteiger charge is 2.41. The van der Waals surface area contributed by atoms with E-state index in [2.05, 4.69) is 0 Å². The Hall–Kier alpha value is -0.130. The lowest BCUT2D eigenvalue weighted by atomic mass is 9.84. The molecule has 1 rings (SSSR count). The van der Waals surface area contributed by atoms with E-state index in [9.17, 15) is 8.42 Å². The molecule has 18 heavy (non-hydrogen) atoms. The first kappa shape index (κ1) is 15.9. The summed E-state index contributed by atoms with van der Waals surface area (Å²) in [6.45, 7) is 8.36. The maximum absolute atomic E-state index is 12.6. The van der Waals surface area contributed by atoms with Crippen molar-refractivity contribution in [1.29, 1.82) is 0 Å². The van der Waals surface area contributed by atoms with Gasteiger partial charge in [-0.15, -0.1) is 0 Å². The van der Waals surface area contributed by atoms with Gasteiger partial charge in [0.2, 0.25) is 10.0 Å². The van der Waals surface area contributed by atoms with E-state index in [1.807, 2.05) is 6.92 Å². The van der Waals surface area contributed by atoms with Crippen molar-refractivity contribution in [2.24, 2.45) is 11.7 Å². The predicted molar refractivity (Wildman–Crippen MR) is 75.9 cm³/mol. The van der Waals surface area contributed by atoms with Gasteiger partial charge in [-0.3, -0.25) is 0 Å². The van der Waals surface area contributed by atoms with Crippen molar-refractivity contribution in [3.8, 4) is 0 Å². The molecule has 0 bridgehead atoms. The van der Waals surface area contributed by atoms with Crippen LogP contribution in [-0.2, 0) is 10.0 Å². The molecular formula is C13H28N2O2S. The zero-order valence-electron chi connectivity index (χ0n) is 12.1. The van der Waals surface area contributed by atoms with Gasteiger partial charge in [0.25, 0.3) is 0 Å². The second-order valence-electron chi connectivity index (χ2n) is 6.17. The molecule has 2 atom stereocenters. The second-order valence-corrected chi connectivity index (χ2v) is 8.81. The standard InChI is InChI=1S/C13H28N2O2S/c1-5-15(18(16,17)13(2,3)4)12-9-7-6-8-11(12)10-14/h11-12H,5-10,14H2,1-4H3. The van der Waals surface area contributed by atoms with Crippen LogP contribution in [0, 0.1) is 5.92 Å². The molecule has 1 saturated carbocycles. The van der Waals surface area contributed by atoms with E-state index in [4.69, 9.17) is 5.73 Å². The van der Waals surface area contributed by atoms with Crippen molar-refractivity contribution >= 4 is 10.0 Å². The summed E-state index contributed by atoms with van der Waals surface area (Å²) >= 11 is 0. The molecule has 0 aliphatic heterocycles. The number of hydrogen-bond donors (Lipinski definition) is 1. The third kappa shape index (κ3) is 3.06. The Morgan fingerprint density at radius 2 is 1.78 bits per heavy atom. The minimum absolute atomic E-state index is 0.0953. The SMILES string of the molecule is CCN(C1CCCCC1CN)S(=O)(=O)C(C)(C)C. The molecule has 0 aromatic carbocycles. The summed E-state index contributed by atoms with van der Waals surface area (Å²) < 4.78 is 26.2. The molecule has 0 aromatic heterocycles. The van der Waals surface area contributed by atoms with Crippen molar-refractivity contribution in [2.45, 2.75) is 64.2 Å². The predicted octanol–water partition coefficient (Wildman–Crippen LogP) is 1.95. The average Bonchev–Trinajstić information content (AvgIpc) is 2.29. The van der Waals surface area contributed by atoms with Gasteiger partial charge in [0.05, 0.1) is 4.75 Å². The van der Waals surface area contributed by atoms with Crippen LogP contribution in [0.5, 0.6) is 0 Å². The van der Waals surface area contributed by atoms with E-state index in [-0.39, 0.29) is 6.04 Å². The third-order valence-electron chi connectivity index (χ3n) is 3.94. The van der Waals surface area contributed by atoms with E-state index >= 15 is 0 Å². The van der Waals surface area contributed by atoms with Gasteiger partial charge in [-0.05, 0) is 46.1 Å². The van der Waals surface area contributed by atoms with Crippen LogP contribution in [-0.4, -0.2) is 36.6 Å². The Morgan fingerprint density at radius 3 is 2.22 bits per heavy atom. The normalized spacial score (nSPS) is 26.6. The fourth-order valence-electron chi connectivity index (χ4n) is 2.78. The molecular weight excluding hydrogens is 248 g/mol. The minimum Gasteiger partial charge on any atom is -0.330 e. The molecule has 5 heteroatoms. The molecule has 1 aliphatic rings. The summed E-state index contributed by atoms with van der Waals surface area (Å²) in [5.74, 6) is 0.316. The molecule has 4 nitrogen and oxygen atoms in total. The molecule has 108 valence electrons. The topological polar surface area (TPSA) is 63.4 Å². The summed E-state index contributed by atoms with van der Waals surface area (Å²) in [5, 5.41) is 0. The smallest absolute Gasteiger partial charge is 0.219 e. The van der Waals surface area contributed by atoms with Gasteiger partial charge in [-0.25, -0.2) is 8.42 Å². The Bertz CT molecular complexity index is 360. The van der Waals surface area contributed by atoms with Gasteiger partial charge >= 0.3 is 0 Å². The molecule has 0 aromatic rings. The lowest BCUT2D eigenvalue weighted by molar-refractivity contribution is 0.184. The van der Waals surface area contributed by atoms with Crippen LogP contribution in [0.2, 0.25) is 0 Å². The van der Waals surface area contributed by atoms with E-state index in [0.29, 0.717) is 19.0 Å². The highest BCUT2D eigenvalue weighted by Crippen LogP contribution is 2.32. The molecule has 0 amide bonds. The molecule has 0 spiro atoms. The van der Waals surface area contributed by atoms with Crippen LogP contribution in [0.3, 0.4) is 0 Å². The number of nitrogens with two attached hydrogens (primary N) is 1. The molecule has 0 heterocycles. The zero-order chi connectivity index (χ0) is 14.0.